The van der Waals surface area contributed by atoms with Crippen LogP contribution in [0.2, 0.25) is 0 Å². The van der Waals surface area contributed by atoms with E-state index in [1.165, 1.54) is 74.3 Å². The second-order valence-corrected chi connectivity index (χ2v) is 19.4. The topological polar surface area (TPSA) is 122 Å². The number of alkyl halides is 2. The number of aryl methyl sites for hydroxylation is 1. The van der Waals surface area contributed by atoms with Gasteiger partial charge in [-0.15, -0.1) is 0 Å². The molecule has 0 aliphatic heterocycles. The van der Waals surface area contributed by atoms with Gasteiger partial charge in [-0.1, -0.05) is 127 Å². The molecule has 4 aromatic carbocycles. The van der Waals surface area contributed by atoms with E-state index in [1.54, 1.807) is 17.3 Å². The molecule has 75 heavy (non-hydrogen) atoms. The number of fused-ring (bicyclic) bond motifs is 2. The van der Waals surface area contributed by atoms with Crippen molar-refractivity contribution in [3.63, 3.8) is 0 Å². The number of halogens is 4. The maximum atomic E-state index is 16.1. The molecule has 0 N–H and O–H groups in total. The number of hydrogen-bond donors (Lipinski definition) is 0. The maximum absolute atomic E-state index is 16.1. The summed E-state index contributed by atoms with van der Waals surface area (Å²) in [5, 5.41) is 8.88. The van der Waals surface area contributed by atoms with Gasteiger partial charge >= 0.3 is 18.0 Å². The molecule has 0 amide bonds. The molecule has 0 aliphatic rings. The number of esters is 2. The summed E-state index contributed by atoms with van der Waals surface area (Å²) in [5.41, 5.74) is 0.209. The van der Waals surface area contributed by atoms with Crippen LogP contribution in [-0.2, 0) is 26.9 Å². The highest BCUT2D eigenvalue weighted by atomic mass is 32.1. The van der Waals surface area contributed by atoms with E-state index in [9.17, 15) is 9.59 Å². The molecule has 402 valence electrons. The predicted octanol–water partition coefficient (Wildman–Crippen LogP) is 15.8. The van der Waals surface area contributed by atoms with Crippen molar-refractivity contribution in [1.29, 1.82) is 0 Å². The van der Waals surface area contributed by atoms with E-state index in [4.69, 9.17) is 33.8 Å². The summed E-state index contributed by atoms with van der Waals surface area (Å²) in [4.78, 5) is 34.0. The molecule has 0 unspecified atom stereocenters. The zero-order valence-electron chi connectivity index (χ0n) is 43.3. The lowest BCUT2D eigenvalue weighted by Crippen LogP contribution is -2.25. The molecule has 0 aliphatic carbocycles. The lowest BCUT2D eigenvalue weighted by Gasteiger charge is -2.21. The number of nitrogens with zero attached hydrogens (tertiary/aromatic N) is 4. The summed E-state index contributed by atoms with van der Waals surface area (Å²) in [7, 11) is 0. The van der Waals surface area contributed by atoms with Crippen molar-refractivity contribution in [2.75, 3.05) is 31.4 Å². The van der Waals surface area contributed by atoms with Gasteiger partial charge in [-0.05, 0) is 116 Å². The van der Waals surface area contributed by atoms with Crippen LogP contribution in [0.3, 0.4) is 0 Å². The SMILES string of the molecule is C=CC(=O)OCCCCCCOc1ccc2cc(CCC(=O)Oc3ccc(C(F)(F)Oc4ccc(OCCCCC)cc4/C=N/N(CCCCCCCCCCCC)c4nc5cccnc5s4)c(F)c3F)ccc2c1. The van der Waals surface area contributed by atoms with Crippen molar-refractivity contribution in [3.8, 4) is 23.0 Å². The monoisotopic (exact) mass is 1050 g/mol. The third-order valence-corrected chi connectivity index (χ3v) is 13.5. The third kappa shape index (κ3) is 18.7. The van der Waals surface area contributed by atoms with Gasteiger partial charge in [0.1, 0.15) is 33.2 Å². The zero-order valence-corrected chi connectivity index (χ0v) is 44.1. The predicted molar refractivity (Wildman–Crippen MR) is 290 cm³/mol. The first-order valence-corrected chi connectivity index (χ1v) is 27.3. The van der Waals surface area contributed by atoms with Crippen molar-refractivity contribution in [2.24, 2.45) is 5.10 Å². The fourth-order valence-electron chi connectivity index (χ4n) is 8.25. The normalized spacial score (nSPS) is 11.6. The van der Waals surface area contributed by atoms with Crippen LogP contribution in [-0.4, -0.2) is 54.5 Å². The first kappa shape index (κ1) is 57.7. The fourth-order valence-corrected chi connectivity index (χ4v) is 9.14. The van der Waals surface area contributed by atoms with Gasteiger partial charge in [-0.2, -0.15) is 18.3 Å². The smallest absolute Gasteiger partial charge is 0.429 e. The number of carbonyl (C=O) groups excluding carboxylic acids is 2. The van der Waals surface area contributed by atoms with E-state index in [0.29, 0.717) is 54.6 Å². The molecule has 0 saturated carbocycles. The number of pyridine rings is 1. The van der Waals surface area contributed by atoms with Crippen LogP contribution in [0.1, 0.15) is 146 Å². The van der Waals surface area contributed by atoms with Gasteiger partial charge in [-0.3, -0.25) is 4.79 Å². The van der Waals surface area contributed by atoms with Crippen molar-refractivity contribution >= 4 is 55.7 Å². The number of benzene rings is 4. The Morgan fingerprint density at radius 3 is 2.08 bits per heavy atom. The minimum atomic E-state index is -4.39. The number of carbonyl (C=O) groups is 2. The Morgan fingerprint density at radius 1 is 0.720 bits per heavy atom. The number of hydrazone groups is 1. The summed E-state index contributed by atoms with van der Waals surface area (Å²) in [6, 6.07) is 20.7. The highest BCUT2D eigenvalue weighted by molar-refractivity contribution is 7.21. The van der Waals surface area contributed by atoms with E-state index in [-0.39, 0.29) is 24.2 Å². The van der Waals surface area contributed by atoms with E-state index in [2.05, 4.69) is 25.4 Å². The standard InChI is InChI=1S/C59H70F4N4O7S/c1-4-7-9-10-11-12-13-14-15-18-35-67(58-66-50-23-22-34-64-57(50)75-58)65-42-46-41-48(70-36-19-8-5-2)29-31-51(46)74-59(62,63)49-30-32-52(56(61)55(49)60)73-54(69)33-25-43-24-26-45-40-47(28-27-44(45)39-43)71-37-20-16-17-21-38-72-53(68)6-3/h6,22-24,26-32,34,39-42H,3-5,7-21,25,33,35-38H2,1-2H3/b65-42+. The number of hydrogen-bond acceptors (Lipinski definition) is 12. The zero-order chi connectivity index (χ0) is 53.3. The van der Waals surface area contributed by atoms with Crippen LogP contribution < -0.4 is 24.0 Å². The molecule has 0 fully saturated rings. The quantitative estimate of drug-likeness (QED) is 0.00723. The molecule has 0 atom stereocenters. The highest BCUT2D eigenvalue weighted by Gasteiger charge is 2.40. The molecule has 0 spiro atoms. The van der Waals surface area contributed by atoms with Crippen LogP contribution in [0, 0.1) is 11.6 Å². The summed E-state index contributed by atoms with van der Waals surface area (Å²) in [5.74, 6) is -5.08. The number of anilines is 1. The largest absolute Gasteiger partial charge is 0.494 e. The van der Waals surface area contributed by atoms with Crippen LogP contribution in [0.4, 0.5) is 22.7 Å². The maximum Gasteiger partial charge on any atom is 0.429 e. The molecule has 0 radical (unpaired) electrons. The Labute approximate surface area is 442 Å². The minimum absolute atomic E-state index is 0.105. The Morgan fingerprint density at radius 2 is 1.35 bits per heavy atom. The Bertz CT molecular complexity index is 2760. The second kappa shape index (κ2) is 30.7. The summed E-state index contributed by atoms with van der Waals surface area (Å²) >= 11 is 1.36. The lowest BCUT2D eigenvalue weighted by atomic mass is 10.0. The number of thiazole rings is 1. The van der Waals surface area contributed by atoms with Crippen molar-refractivity contribution < 1.29 is 50.8 Å². The molecular weight excluding hydrogens is 985 g/mol. The van der Waals surface area contributed by atoms with Crippen molar-refractivity contribution in [2.45, 2.75) is 142 Å². The van der Waals surface area contributed by atoms with Crippen molar-refractivity contribution in [3.05, 3.63) is 126 Å². The average molecular weight is 1060 g/mol. The summed E-state index contributed by atoms with van der Waals surface area (Å²) in [6.45, 7) is 9.46. The molecule has 2 heterocycles. The summed E-state index contributed by atoms with van der Waals surface area (Å²) < 4.78 is 90.7. The van der Waals surface area contributed by atoms with E-state index < -0.39 is 41.0 Å². The van der Waals surface area contributed by atoms with Gasteiger partial charge in [0.15, 0.2) is 11.6 Å². The number of unbranched alkanes of at least 4 members (excludes halogenated alkanes) is 14. The van der Waals surface area contributed by atoms with Crippen LogP contribution in [0.5, 0.6) is 23.0 Å². The van der Waals surface area contributed by atoms with Gasteiger partial charge in [0.05, 0.1) is 26.0 Å². The second-order valence-electron chi connectivity index (χ2n) is 18.4. The fraction of sp³-hybridized carbons (Fsp3) is 0.441. The van der Waals surface area contributed by atoms with Crippen LogP contribution >= 0.6 is 11.3 Å². The Balaban J connectivity index is 1.08. The average Bonchev–Trinajstić information content (AvgIpc) is 3.85. The first-order chi connectivity index (χ1) is 36.5. The molecule has 2 aromatic heterocycles. The Kier molecular flexibility index (Phi) is 23.7. The van der Waals surface area contributed by atoms with E-state index in [0.717, 1.165) is 104 Å². The molecule has 6 rings (SSSR count). The number of rotatable bonds is 35. The number of aromatic nitrogens is 2. The molecule has 11 nitrogen and oxygen atoms in total. The number of ether oxygens (including phenoxy) is 5. The first-order valence-electron chi connectivity index (χ1n) is 26.5. The van der Waals surface area contributed by atoms with E-state index in [1.807, 2.05) is 42.5 Å². The molecule has 0 bridgehead atoms. The van der Waals surface area contributed by atoms with E-state index >= 15 is 17.6 Å². The van der Waals surface area contributed by atoms with Gasteiger partial charge in [0, 0.05) is 30.8 Å². The minimum Gasteiger partial charge on any atom is -0.494 e. The lowest BCUT2D eigenvalue weighted by molar-refractivity contribution is -0.187. The van der Waals surface area contributed by atoms with Gasteiger partial charge in [0.2, 0.25) is 10.9 Å². The Hall–Kier alpha value is -6.55. The van der Waals surface area contributed by atoms with Gasteiger partial charge in [-0.25, -0.2) is 24.2 Å². The highest BCUT2D eigenvalue weighted by Crippen LogP contribution is 2.38. The molecule has 6 aromatic rings. The van der Waals surface area contributed by atoms with Crippen molar-refractivity contribution in [1.82, 2.24) is 9.97 Å². The summed E-state index contributed by atoms with van der Waals surface area (Å²) in [6.07, 6.45) is 17.5. The molecule has 16 heteroatoms. The van der Waals surface area contributed by atoms with Gasteiger partial charge in [0.25, 0.3) is 0 Å². The van der Waals surface area contributed by atoms with Crippen LogP contribution in [0.25, 0.3) is 21.1 Å². The van der Waals surface area contributed by atoms with Crippen LogP contribution in [0.15, 0.2) is 103 Å². The molecule has 0 saturated heterocycles. The van der Waals surface area contributed by atoms with Gasteiger partial charge < -0.3 is 23.7 Å². The third-order valence-electron chi connectivity index (χ3n) is 12.5. The molecular formula is C59H70F4N4O7S.